The van der Waals surface area contributed by atoms with Crippen molar-refractivity contribution in [3.63, 3.8) is 0 Å². The molecular formula is C39H43F3N8O6S. The number of amides is 1. The molecule has 1 amide bonds. The van der Waals surface area contributed by atoms with Crippen LogP contribution in [0.1, 0.15) is 77.8 Å². The minimum atomic E-state index is -1.11. The molecule has 1 aromatic carbocycles. The van der Waals surface area contributed by atoms with Crippen molar-refractivity contribution in [3.05, 3.63) is 39.7 Å². The van der Waals surface area contributed by atoms with Gasteiger partial charge in [0, 0.05) is 50.0 Å². The molecule has 14 nitrogen and oxygen atoms in total. The van der Waals surface area contributed by atoms with Crippen molar-refractivity contribution < 1.29 is 37.0 Å². The van der Waals surface area contributed by atoms with Crippen molar-refractivity contribution in [2.45, 2.75) is 102 Å². The maximum Gasteiger partial charge on any atom is 0.413 e. The Hall–Kier alpha value is -5.15. The number of aromatic nitrogens is 3. The quantitative estimate of drug-likeness (QED) is 0.143. The van der Waals surface area contributed by atoms with Gasteiger partial charge in [-0.05, 0) is 44.2 Å². The molecule has 4 fully saturated rings. The molecule has 18 heteroatoms. The van der Waals surface area contributed by atoms with Crippen LogP contribution in [0.4, 0.5) is 28.8 Å². The van der Waals surface area contributed by atoms with E-state index in [1.54, 1.807) is 18.7 Å². The highest BCUT2D eigenvalue weighted by atomic mass is 32.1. The van der Waals surface area contributed by atoms with Crippen LogP contribution in [0.15, 0.2) is 16.9 Å². The van der Waals surface area contributed by atoms with Gasteiger partial charge in [0.25, 0.3) is 5.56 Å². The number of ether oxygens (including phenoxy) is 3. The molecule has 3 aromatic heterocycles. The molecule has 3 aliphatic heterocycles. The first-order valence-electron chi connectivity index (χ1n) is 19.3. The van der Waals surface area contributed by atoms with Gasteiger partial charge in [0.2, 0.25) is 6.29 Å². The van der Waals surface area contributed by atoms with Crippen molar-refractivity contribution in [3.8, 4) is 23.3 Å². The van der Waals surface area contributed by atoms with Crippen LogP contribution in [0.3, 0.4) is 0 Å². The second-order valence-corrected chi connectivity index (χ2v) is 16.8. The van der Waals surface area contributed by atoms with Crippen LogP contribution in [0.25, 0.3) is 32.2 Å². The Kier molecular flexibility index (Phi) is 9.95. The summed E-state index contributed by atoms with van der Waals surface area (Å²) in [6, 6.07) is 3.12. The SMILES string of the molecule is CC[C@@]1(COc2nc(N3CC4CCC(C3)N4C(=O)OC(C)OC(=O)C(C)C)c3c(=O)n(C4CC4)c(-c4ccc(F)c5sc(N)c(C#N)c45)c(F)c3n2)C[C@@H](F)CN1. The van der Waals surface area contributed by atoms with Crippen LogP contribution >= 0.6 is 11.3 Å². The first-order chi connectivity index (χ1) is 27.2. The summed E-state index contributed by atoms with van der Waals surface area (Å²) in [6.45, 7) is 7.24. The number of thiophene rings is 1. The normalized spacial score (nSPS) is 23.7. The average molecular weight is 809 g/mol. The molecule has 3 saturated heterocycles. The van der Waals surface area contributed by atoms with Gasteiger partial charge in [-0.3, -0.25) is 14.5 Å². The zero-order valence-electron chi connectivity index (χ0n) is 31.9. The number of carbonyl (C=O) groups is 2. The lowest BCUT2D eigenvalue weighted by Crippen LogP contribution is -2.56. The number of hydrogen-bond acceptors (Lipinski definition) is 13. The van der Waals surface area contributed by atoms with E-state index in [4.69, 9.17) is 24.9 Å². The largest absolute Gasteiger partial charge is 0.461 e. The summed E-state index contributed by atoms with van der Waals surface area (Å²) in [5, 5.41) is 13.3. The van der Waals surface area contributed by atoms with Crippen molar-refractivity contribution >= 4 is 55.2 Å². The number of benzene rings is 1. The number of esters is 1. The molecule has 6 heterocycles. The molecule has 4 aromatic rings. The van der Waals surface area contributed by atoms with Crippen LogP contribution in [0, 0.1) is 28.9 Å². The van der Waals surface area contributed by atoms with E-state index in [1.165, 1.54) is 17.6 Å². The zero-order valence-corrected chi connectivity index (χ0v) is 32.8. The summed E-state index contributed by atoms with van der Waals surface area (Å²) in [4.78, 5) is 53.2. The summed E-state index contributed by atoms with van der Waals surface area (Å²) >= 11 is 0.868. The lowest BCUT2D eigenvalue weighted by atomic mass is 9.95. The third-order valence-corrected chi connectivity index (χ3v) is 12.6. The Morgan fingerprint density at radius 1 is 1.09 bits per heavy atom. The van der Waals surface area contributed by atoms with Gasteiger partial charge in [0.05, 0.1) is 39.5 Å². The third kappa shape index (κ3) is 6.77. The van der Waals surface area contributed by atoms with Crippen LogP contribution in [-0.2, 0) is 14.3 Å². The highest BCUT2D eigenvalue weighted by molar-refractivity contribution is 7.23. The number of alkyl halides is 1. The number of nitrogens with two attached hydrogens (primary N) is 1. The number of piperazine rings is 1. The molecule has 3 N–H and O–H groups in total. The Morgan fingerprint density at radius 2 is 1.79 bits per heavy atom. The van der Waals surface area contributed by atoms with E-state index in [1.807, 2.05) is 17.9 Å². The van der Waals surface area contributed by atoms with Crippen molar-refractivity contribution in [1.82, 2.24) is 24.8 Å². The summed E-state index contributed by atoms with van der Waals surface area (Å²) < 4.78 is 65.6. The molecule has 1 saturated carbocycles. The first-order valence-corrected chi connectivity index (χ1v) is 20.1. The minimum Gasteiger partial charge on any atom is -0.461 e. The highest BCUT2D eigenvalue weighted by Gasteiger charge is 2.46. The van der Waals surface area contributed by atoms with Gasteiger partial charge in [-0.25, -0.2) is 18.0 Å². The molecule has 4 aliphatic rings. The predicted octanol–water partition coefficient (Wildman–Crippen LogP) is 5.93. The predicted molar refractivity (Wildman–Crippen MR) is 206 cm³/mol. The first kappa shape index (κ1) is 38.7. The van der Waals surface area contributed by atoms with E-state index in [0.29, 0.717) is 32.1 Å². The number of nitrogens with zero attached hydrogens (tertiary/aromatic N) is 6. The fourth-order valence-corrected chi connectivity index (χ4v) is 9.37. The summed E-state index contributed by atoms with van der Waals surface area (Å²) in [7, 11) is 0. The second kappa shape index (κ2) is 14.7. The summed E-state index contributed by atoms with van der Waals surface area (Å²) in [5.41, 5.74) is 4.43. The molecule has 1 aliphatic carbocycles. The van der Waals surface area contributed by atoms with Gasteiger partial charge in [-0.1, -0.05) is 20.8 Å². The molecule has 302 valence electrons. The fourth-order valence-electron chi connectivity index (χ4n) is 8.43. The molecule has 3 unspecified atom stereocenters. The van der Waals surface area contributed by atoms with Crippen LogP contribution in [-0.4, -0.2) is 87.8 Å². The smallest absolute Gasteiger partial charge is 0.413 e. The van der Waals surface area contributed by atoms with Crippen LogP contribution < -0.4 is 26.2 Å². The van der Waals surface area contributed by atoms with Crippen LogP contribution in [0.2, 0.25) is 0 Å². The Balaban J connectivity index is 1.24. The lowest BCUT2D eigenvalue weighted by Gasteiger charge is -2.41. The average Bonchev–Trinajstić information content (AvgIpc) is 3.78. The molecule has 57 heavy (non-hydrogen) atoms. The van der Waals surface area contributed by atoms with Gasteiger partial charge in [-0.15, -0.1) is 11.3 Å². The molecule has 8 rings (SSSR count). The molecule has 0 spiro atoms. The van der Waals surface area contributed by atoms with E-state index >= 15 is 8.78 Å². The monoisotopic (exact) mass is 808 g/mol. The topological polar surface area (TPSA) is 178 Å². The molecule has 0 radical (unpaired) electrons. The minimum absolute atomic E-state index is 0.0226. The maximum absolute atomic E-state index is 17.6. The summed E-state index contributed by atoms with van der Waals surface area (Å²) in [6.07, 6.45) is 0.246. The number of hydrogen-bond donors (Lipinski definition) is 2. The Morgan fingerprint density at radius 3 is 2.40 bits per heavy atom. The zero-order chi connectivity index (χ0) is 40.5. The number of anilines is 2. The van der Waals surface area contributed by atoms with Gasteiger partial charge >= 0.3 is 18.1 Å². The van der Waals surface area contributed by atoms with Crippen molar-refractivity contribution in [2.24, 2.45) is 5.92 Å². The summed E-state index contributed by atoms with van der Waals surface area (Å²) in [5.74, 6) is -2.33. The number of nitriles is 1. The van der Waals surface area contributed by atoms with Crippen LogP contribution in [0.5, 0.6) is 6.01 Å². The van der Waals surface area contributed by atoms with Crippen molar-refractivity contribution in [1.29, 1.82) is 5.26 Å². The molecule has 2 bridgehead atoms. The van der Waals surface area contributed by atoms with E-state index in [2.05, 4.69) is 10.3 Å². The molecule has 5 atom stereocenters. The number of pyridine rings is 1. The number of rotatable bonds is 10. The molecular weight excluding hydrogens is 766 g/mol. The Labute approximate surface area is 329 Å². The van der Waals surface area contributed by atoms with E-state index < -0.39 is 59.2 Å². The van der Waals surface area contributed by atoms with E-state index in [0.717, 1.165) is 17.4 Å². The highest BCUT2D eigenvalue weighted by Crippen LogP contribution is 2.46. The number of carbonyl (C=O) groups excluding carboxylic acids is 2. The third-order valence-electron chi connectivity index (χ3n) is 11.5. The lowest BCUT2D eigenvalue weighted by molar-refractivity contribution is -0.170. The number of halogens is 3. The Bertz CT molecular complexity index is 2380. The van der Waals surface area contributed by atoms with Crippen molar-refractivity contribution in [2.75, 3.05) is 36.9 Å². The standard InChI is InChI=1S/C39H43F3N8O6S/c1-5-39(12-20(40)14-45-39)17-54-37-46-30-28(34(47-37)48-15-22-8-9-23(16-48)49(22)38(53)56-19(4)55-36(52)18(2)3)35(51)50(21-6-7-21)31(29(30)42)24-10-11-26(41)32-27(24)25(13-43)33(44)57-32/h10-11,18-23,45H,5-9,12,14-17,44H2,1-4H3/t19?,20-,22?,23?,39+/m1/s1. The fraction of sp³-hybridized carbons (Fsp3) is 0.538. The number of nitrogens with one attached hydrogen (secondary N) is 1. The van der Waals surface area contributed by atoms with Gasteiger partial charge in [0.1, 0.15) is 46.4 Å². The van der Waals surface area contributed by atoms with Gasteiger partial charge in [-0.2, -0.15) is 15.2 Å². The number of fused-ring (bicyclic) bond motifs is 4. The van der Waals surface area contributed by atoms with E-state index in [9.17, 15) is 24.0 Å². The van der Waals surface area contributed by atoms with Gasteiger partial charge < -0.3 is 34.7 Å². The van der Waals surface area contributed by atoms with E-state index in [-0.39, 0.29) is 99.4 Å². The van der Waals surface area contributed by atoms with Gasteiger partial charge in [0.15, 0.2) is 5.82 Å². The maximum atomic E-state index is 17.6. The second-order valence-electron chi connectivity index (χ2n) is 15.7. The number of nitrogen functional groups attached to an aromatic ring is 1.